The molecule has 2 aromatic rings. The molecule has 0 spiro atoms. The van der Waals surface area contributed by atoms with E-state index >= 15 is 0 Å². The fraction of sp³-hybridized carbons (Fsp3) is 0.615. The van der Waals surface area contributed by atoms with E-state index in [2.05, 4.69) is 25.1 Å². The van der Waals surface area contributed by atoms with Gasteiger partial charge in [0.05, 0.1) is 5.69 Å². The maximum Gasteiger partial charge on any atom is 0.191 e. The van der Waals surface area contributed by atoms with Crippen LogP contribution in [0.3, 0.4) is 0 Å². The summed E-state index contributed by atoms with van der Waals surface area (Å²) in [5.74, 6) is 3.01. The monoisotopic (exact) mass is 293 g/mol. The highest BCUT2D eigenvalue weighted by Gasteiger charge is 2.21. The van der Waals surface area contributed by atoms with Crippen LogP contribution in [0, 0.1) is 6.92 Å². The van der Waals surface area contributed by atoms with Gasteiger partial charge >= 0.3 is 0 Å². The van der Waals surface area contributed by atoms with Gasteiger partial charge in [-0.25, -0.2) is 4.98 Å². The van der Waals surface area contributed by atoms with Gasteiger partial charge in [-0.3, -0.25) is 0 Å². The first kappa shape index (κ1) is 13.6. The van der Waals surface area contributed by atoms with E-state index in [4.69, 9.17) is 4.42 Å². The Morgan fingerprint density at radius 2 is 2.40 bits per heavy atom. The summed E-state index contributed by atoms with van der Waals surface area (Å²) in [6.45, 7) is 3.96. The minimum atomic E-state index is 0.477. The van der Waals surface area contributed by atoms with Crippen molar-refractivity contribution in [1.29, 1.82) is 0 Å². The van der Waals surface area contributed by atoms with E-state index < -0.39 is 0 Å². The molecule has 0 amide bonds. The third-order valence-electron chi connectivity index (χ3n) is 3.55. The van der Waals surface area contributed by atoms with Gasteiger partial charge in [-0.05, 0) is 19.4 Å². The molecule has 3 heterocycles. The Bertz CT molecular complexity index is 573. The number of hydrogen-bond acceptors (Lipinski definition) is 6. The summed E-state index contributed by atoms with van der Waals surface area (Å²) in [4.78, 5) is 4.30. The topological polar surface area (TPSA) is 68.8 Å². The maximum absolute atomic E-state index is 5.21. The SMILES string of the molecule is Cc1nc(CSc2nnc([C@H]3CCCNC3)n2C)co1. The Morgan fingerprint density at radius 1 is 1.50 bits per heavy atom. The highest BCUT2D eigenvalue weighted by Crippen LogP contribution is 2.26. The normalized spacial score (nSPS) is 19.4. The van der Waals surface area contributed by atoms with E-state index in [9.17, 15) is 0 Å². The third-order valence-corrected chi connectivity index (χ3v) is 4.60. The van der Waals surface area contributed by atoms with Crippen LogP contribution in [0.4, 0.5) is 0 Å². The van der Waals surface area contributed by atoms with Gasteiger partial charge in [0, 0.05) is 32.2 Å². The van der Waals surface area contributed by atoms with Crippen molar-refractivity contribution in [2.45, 2.75) is 36.6 Å². The first-order valence-electron chi connectivity index (χ1n) is 6.88. The van der Waals surface area contributed by atoms with Crippen molar-refractivity contribution in [3.8, 4) is 0 Å². The molecule has 2 aromatic heterocycles. The molecule has 1 saturated heterocycles. The minimum absolute atomic E-state index is 0.477. The van der Waals surface area contributed by atoms with Gasteiger partial charge in [-0.2, -0.15) is 0 Å². The lowest BCUT2D eigenvalue weighted by atomic mass is 9.99. The predicted molar refractivity (Wildman–Crippen MR) is 76.6 cm³/mol. The summed E-state index contributed by atoms with van der Waals surface area (Å²) in [6.07, 6.45) is 4.09. The molecule has 1 fully saturated rings. The lowest BCUT2D eigenvalue weighted by Crippen LogP contribution is -2.29. The van der Waals surface area contributed by atoms with Crippen molar-refractivity contribution >= 4 is 11.8 Å². The van der Waals surface area contributed by atoms with Crippen LogP contribution in [-0.2, 0) is 12.8 Å². The lowest BCUT2D eigenvalue weighted by molar-refractivity contribution is 0.436. The van der Waals surface area contributed by atoms with Crippen molar-refractivity contribution in [2.24, 2.45) is 7.05 Å². The number of nitrogens with one attached hydrogen (secondary N) is 1. The van der Waals surface area contributed by atoms with Crippen molar-refractivity contribution in [2.75, 3.05) is 13.1 Å². The molecule has 20 heavy (non-hydrogen) atoms. The molecular formula is C13H19N5OS. The van der Waals surface area contributed by atoms with E-state index in [0.717, 1.165) is 35.5 Å². The molecule has 0 radical (unpaired) electrons. The first-order chi connectivity index (χ1) is 9.74. The quantitative estimate of drug-likeness (QED) is 0.868. The number of nitrogens with zero attached hydrogens (tertiary/aromatic N) is 4. The molecule has 1 aliphatic heterocycles. The summed E-state index contributed by atoms with van der Waals surface area (Å²) < 4.78 is 7.31. The zero-order valence-electron chi connectivity index (χ0n) is 11.8. The van der Waals surface area contributed by atoms with Gasteiger partial charge in [0.2, 0.25) is 0 Å². The molecule has 0 aromatic carbocycles. The zero-order valence-corrected chi connectivity index (χ0v) is 12.6. The van der Waals surface area contributed by atoms with E-state index in [1.807, 2.05) is 14.0 Å². The molecule has 108 valence electrons. The van der Waals surface area contributed by atoms with Crippen LogP contribution in [0.25, 0.3) is 0 Å². The summed E-state index contributed by atoms with van der Waals surface area (Å²) >= 11 is 1.64. The van der Waals surface area contributed by atoms with Crippen molar-refractivity contribution in [1.82, 2.24) is 25.1 Å². The van der Waals surface area contributed by atoms with Crippen molar-refractivity contribution < 1.29 is 4.42 Å². The molecule has 0 aliphatic carbocycles. The van der Waals surface area contributed by atoms with Gasteiger partial charge < -0.3 is 14.3 Å². The van der Waals surface area contributed by atoms with Gasteiger partial charge in [0.25, 0.3) is 0 Å². The molecule has 0 bridgehead atoms. The average Bonchev–Trinajstić information content (AvgIpc) is 3.04. The smallest absolute Gasteiger partial charge is 0.191 e. The number of aromatic nitrogens is 4. The largest absolute Gasteiger partial charge is 0.449 e. The Labute approximate surface area is 122 Å². The number of aryl methyl sites for hydroxylation is 1. The molecular weight excluding hydrogens is 274 g/mol. The highest BCUT2D eigenvalue weighted by molar-refractivity contribution is 7.98. The molecule has 7 heteroatoms. The van der Waals surface area contributed by atoms with Gasteiger partial charge in [0.1, 0.15) is 12.1 Å². The van der Waals surface area contributed by atoms with E-state index in [1.165, 1.54) is 12.8 Å². The number of rotatable bonds is 4. The standard InChI is InChI=1S/C13H19N5OS/c1-9-15-11(7-19-9)8-20-13-17-16-12(18(13)2)10-4-3-5-14-6-10/h7,10,14H,3-6,8H2,1-2H3/t10-/m0/s1. The first-order valence-corrected chi connectivity index (χ1v) is 7.86. The average molecular weight is 293 g/mol. The second-order valence-electron chi connectivity index (χ2n) is 5.09. The molecule has 1 atom stereocenters. The Balaban J connectivity index is 1.66. The van der Waals surface area contributed by atoms with Gasteiger partial charge in [-0.15, -0.1) is 10.2 Å². The lowest BCUT2D eigenvalue weighted by Gasteiger charge is -2.21. The zero-order chi connectivity index (χ0) is 13.9. The van der Waals surface area contributed by atoms with Gasteiger partial charge in [-0.1, -0.05) is 11.8 Å². The van der Waals surface area contributed by atoms with Crippen LogP contribution in [0.15, 0.2) is 15.8 Å². The Morgan fingerprint density at radius 3 is 3.10 bits per heavy atom. The van der Waals surface area contributed by atoms with Crippen molar-refractivity contribution in [3.63, 3.8) is 0 Å². The second kappa shape index (κ2) is 5.97. The van der Waals surface area contributed by atoms with E-state index in [0.29, 0.717) is 11.8 Å². The van der Waals surface area contributed by atoms with Crippen molar-refractivity contribution in [3.05, 3.63) is 23.7 Å². The second-order valence-corrected chi connectivity index (χ2v) is 6.03. The van der Waals surface area contributed by atoms with Crippen LogP contribution in [-0.4, -0.2) is 32.8 Å². The number of thioether (sulfide) groups is 1. The number of hydrogen-bond donors (Lipinski definition) is 1. The van der Waals surface area contributed by atoms with E-state index in [-0.39, 0.29) is 0 Å². The van der Waals surface area contributed by atoms with Gasteiger partial charge in [0.15, 0.2) is 11.0 Å². The molecule has 1 aliphatic rings. The fourth-order valence-electron chi connectivity index (χ4n) is 2.49. The highest BCUT2D eigenvalue weighted by atomic mass is 32.2. The van der Waals surface area contributed by atoms with Crippen LogP contribution in [0.1, 0.15) is 36.2 Å². The molecule has 1 N–H and O–H groups in total. The van der Waals surface area contributed by atoms with Crippen LogP contribution >= 0.6 is 11.8 Å². The van der Waals surface area contributed by atoms with E-state index in [1.54, 1.807) is 18.0 Å². The maximum atomic E-state index is 5.21. The van der Waals surface area contributed by atoms with Crippen LogP contribution in [0.5, 0.6) is 0 Å². The summed E-state index contributed by atoms with van der Waals surface area (Å²) in [6, 6.07) is 0. The number of oxazole rings is 1. The molecule has 6 nitrogen and oxygen atoms in total. The molecule has 0 saturated carbocycles. The molecule has 3 rings (SSSR count). The Hall–Kier alpha value is -1.34. The third kappa shape index (κ3) is 2.88. The summed E-state index contributed by atoms with van der Waals surface area (Å²) in [7, 11) is 2.04. The Kier molecular flexibility index (Phi) is 4.07. The molecule has 0 unspecified atom stereocenters. The predicted octanol–water partition coefficient (Wildman–Crippen LogP) is 1.87. The minimum Gasteiger partial charge on any atom is -0.449 e. The summed E-state index contributed by atoms with van der Waals surface area (Å²) in [5.41, 5.74) is 0.941. The summed E-state index contributed by atoms with van der Waals surface area (Å²) in [5, 5.41) is 13.0. The van der Waals surface area contributed by atoms with Crippen LogP contribution < -0.4 is 5.32 Å². The van der Waals surface area contributed by atoms with Crippen LogP contribution in [0.2, 0.25) is 0 Å². The fourth-order valence-corrected chi connectivity index (χ4v) is 3.29. The number of piperidine rings is 1.